The number of carbonyl (C=O) groups is 1. The topological polar surface area (TPSA) is 127 Å². The molecule has 39 heavy (non-hydrogen) atoms. The van der Waals surface area contributed by atoms with Crippen molar-refractivity contribution in [2.75, 3.05) is 49.1 Å². The first-order valence-corrected chi connectivity index (χ1v) is 14.2. The van der Waals surface area contributed by atoms with E-state index in [4.69, 9.17) is 15.0 Å². The molecule has 3 fully saturated rings. The van der Waals surface area contributed by atoms with Gasteiger partial charge in [-0.05, 0) is 50.0 Å². The SMILES string of the molecule is CC(C)c1noc(N2CCC(C(C)CCOc3ccc(N4C[C@H](N)[C@@H](N5CCCCC5=O)C4)nn3)CC2)n1.Cl. The maximum absolute atomic E-state index is 12.4. The zero-order chi connectivity index (χ0) is 26.6. The van der Waals surface area contributed by atoms with Crippen LogP contribution < -0.4 is 20.3 Å². The predicted molar refractivity (Wildman–Crippen MR) is 151 cm³/mol. The average Bonchev–Trinajstić information content (AvgIpc) is 3.57. The van der Waals surface area contributed by atoms with Crippen LogP contribution in [0.25, 0.3) is 0 Å². The van der Waals surface area contributed by atoms with E-state index in [1.54, 1.807) is 0 Å². The van der Waals surface area contributed by atoms with Gasteiger partial charge in [0.05, 0.1) is 12.6 Å². The third kappa shape index (κ3) is 6.92. The van der Waals surface area contributed by atoms with Gasteiger partial charge in [0, 0.05) is 57.2 Å². The second kappa shape index (κ2) is 13.1. The number of rotatable bonds is 9. The molecule has 5 rings (SSSR count). The molecule has 2 aromatic rings. The van der Waals surface area contributed by atoms with Crippen LogP contribution >= 0.6 is 12.4 Å². The van der Waals surface area contributed by atoms with E-state index in [0.717, 1.165) is 63.4 Å². The Morgan fingerprint density at radius 3 is 2.54 bits per heavy atom. The van der Waals surface area contributed by atoms with Crippen molar-refractivity contribution < 1.29 is 14.1 Å². The fourth-order valence-corrected chi connectivity index (χ4v) is 5.90. The molecule has 0 aromatic carbocycles. The molecule has 2 aromatic heterocycles. The maximum Gasteiger partial charge on any atom is 0.324 e. The average molecular weight is 563 g/mol. The molecule has 12 heteroatoms. The minimum Gasteiger partial charge on any atom is -0.477 e. The summed E-state index contributed by atoms with van der Waals surface area (Å²) in [4.78, 5) is 23.2. The number of nitrogens with two attached hydrogens (primary N) is 1. The second-order valence-corrected chi connectivity index (χ2v) is 11.4. The fourth-order valence-electron chi connectivity index (χ4n) is 5.90. The van der Waals surface area contributed by atoms with Crippen molar-refractivity contribution in [3.8, 4) is 5.88 Å². The van der Waals surface area contributed by atoms with E-state index >= 15 is 0 Å². The lowest BCUT2D eigenvalue weighted by Crippen LogP contribution is -2.51. The van der Waals surface area contributed by atoms with Crippen LogP contribution in [0.15, 0.2) is 16.7 Å². The molecule has 1 amide bonds. The number of anilines is 2. The summed E-state index contributed by atoms with van der Waals surface area (Å²) >= 11 is 0. The fraction of sp³-hybridized carbons (Fsp3) is 0.741. The van der Waals surface area contributed by atoms with E-state index in [1.165, 1.54) is 0 Å². The van der Waals surface area contributed by atoms with Crippen molar-refractivity contribution in [1.29, 1.82) is 0 Å². The first-order valence-electron chi connectivity index (χ1n) is 14.2. The number of aromatic nitrogens is 4. The van der Waals surface area contributed by atoms with Gasteiger partial charge in [-0.2, -0.15) is 4.98 Å². The van der Waals surface area contributed by atoms with E-state index < -0.39 is 0 Å². The second-order valence-electron chi connectivity index (χ2n) is 11.4. The number of ether oxygens (including phenoxy) is 1. The van der Waals surface area contributed by atoms with E-state index in [2.05, 4.69) is 50.9 Å². The smallest absolute Gasteiger partial charge is 0.324 e. The van der Waals surface area contributed by atoms with Crippen molar-refractivity contribution in [3.05, 3.63) is 18.0 Å². The Labute approximate surface area is 237 Å². The Morgan fingerprint density at radius 1 is 1.08 bits per heavy atom. The highest BCUT2D eigenvalue weighted by Crippen LogP contribution is 2.30. The Hall–Kier alpha value is -2.66. The molecule has 0 saturated carbocycles. The maximum atomic E-state index is 12.4. The molecule has 5 heterocycles. The van der Waals surface area contributed by atoms with Gasteiger partial charge in [-0.3, -0.25) is 4.79 Å². The van der Waals surface area contributed by atoms with Crippen molar-refractivity contribution >= 4 is 30.1 Å². The molecular weight excluding hydrogens is 520 g/mol. The van der Waals surface area contributed by atoms with Crippen LogP contribution in [0.2, 0.25) is 0 Å². The summed E-state index contributed by atoms with van der Waals surface area (Å²) < 4.78 is 11.4. The molecule has 3 aliphatic rings. The Bertz CT molecular complexity index is 1060. The van der Waals surface area contributed by atoms with Gasteiger partial charge in [-0.15, -0.1) is 22.6 Å². The molecule has 3 saturated heterocycles. The summed E-state index contributed by atoms with van der Waals surface area (Å²) in [6, 6.07) is 4.44. The summed E-state index contributed by atoms with van der Waals surface area (Å²) in [5, 5.41) is 12.8. The van der Waals surface area contributed by atoms with Crippen molar-refractivity contribution in [3.63, 3.8) is 0 Å². The molecule has 0 aliphatic carbocycles. The lowest BCUT2D eigenvalue weighted by Gasteiger charge is -2.34. The Balaban J connectivity index is 0.00000353. The molecule has 11 nitrogen and oxygen atoms in total. The van der Waals surface area contributed by atoms with E-state index in [0.29, 0.717) is 49.8 Å². The molecule has 0 bridgehead atoms. The van der Waals surface area contributed by atoms with Crippen LogP contribution in [0.5, 0.6) is 5.88 Å². The summed E-state index contributed by atoms with van der Waals surface area (Å²) in [6.45, 7) is 11.1. The number of amides is 1. The van der Waals surface area contributed by atoms with Gasteiger partial charge in [0.15, 0.2) is 11.6 Å². The van der Waals surface area contributed by atoms with Crippen molar-refractivity contribution in [1.82, 2.24) is 25.2 Å². The minimum atomic E-state index is -0.0762. The predicted octanol–water partition coefficient (Wildman–Crippen LogP) is 3.25. The standard InChI is InChI=1S/C27H42N8O3.ClH/c1-18(2)26-29-27(38-32-26)33-13-9-20(10-14-33)19(3)11-15-37-24-8-7-23(30-31-24)34-16-21(28)22(17-34)35-12-5-4-6-25(35)36;/h7-8,18-22H,4-6,9-17,28H2,1-3H3;1H/t19?,21-,22-;/m0./s1. The lowest BCUT2D eigenvalue weighted by molar-refractivity contribution is -0.135. The molecular formula is C27H43ClN8O3. The molecule has 0 radical (unpaired) electrons. The largest absolute Gasteiger partial charge is 0.477 e. The van der Waals surface area contributed by atoms with Crippen LogP contribution in [-0.2, 0) is 4.79 Å². The first kappa shape index (κ1) is 29.3. The van der Waals surface area contributed by atoms with Gasteiger partial charge in [0.2, 0.25) is 11.8 Å². The zero-order valence-corrected chi connectivity index (χ0v) is 24.2. The minimum absolute atomic E-state index is 0. The number of hydrogen-bond donors (Lipinski definition) is 1. The van der Waals surface area contributed by atoms with Crippen LogP contribution in [0.4, 0.5) is 11.8 Å². The van der Waals surface area contributed by atoms with E-state index in [9.17, 15) is 4.79 Å². The molecule has 0 spiro atoms. The Kier molecular flexibility index (Phi) is 9.87. The number of likely N-dealkylation sites (tertiary alicyclic amines) is 1. The Morgan fingerprint density at radius 2 is 1.87 bits per heavy atom. The highest BCUT2D eigenvalue weighted by atomic mass is 35.5. The zero-order valence-electron chi connectivity index (χ0n) is 23.4. The van der Waals surface area contributed by atoms with Crippen molar-refractivity contribution in [2.24, 2.45) is 17.6 Å². The van der Waals surface area contributed by atoms with Gasteiger partial charge < -0.3 is 29.7 Å². The first-order chi connectivity index (χ1) is 18.4. The number of piperidine rings is 2. The highest BCUT2D eigenvalue weighted by Gasteiger charge is 2.38. The van der Waals surface area contributed by atoms with Crippen molar-refractivity contribution in [2.45, 2.75) is 77.3 Å². The molecule has 3 atom stereocenters. The third-order valence-electron chi connectivity index (χ3n) is 8.43. The van der Waals surface area contributed by atoms with Crippen LogP contribution in [0.1, 0.15) is 71.0 Å². The van der Waals surface area contributed by atoms with E-state index in [1.807, 2.05) is 17.0 Å². The van der Waals surface area contributed by atoms with Crippen LogP contribution in [-0.4, -0.2) is 82.6 Å². The summed E-state index contributed by atoms with van der Waals surface area (Å²) in [6.07, 6.45) is 5.85. The number of nitrogens with zero attached hydrogens (tertiary/aromatic N) is 7. The molecule has 216 valence electrons. The van der Waals surface area contributed by atoms with Gasteiger partial charge in [0.25, 0.3) is 0 Å². The summed E-state index contributed by atoms with van der Waals surface area (Å²) in [7, 11) is 0. The molecule has 2 N–H and O–H groups in total. The van der Waals surface area contributed by atoms with Gasteiger partial charge in [-0.25, -0.2) is 0 Å². The molecule has 3 aliphatic heterocycles. The van der Waals surface area contributed by atoms with Crippen LogP contribution in [0.3, 0.4) is 0 Å². The normalized spacial score (nSPS) is 23.3. The summed E-state index contributed by atoms with van der Waals surface area (Å²) in [5.74, 6) is 3.79. The highest BCUT2D eigenvalue weighted by molar-refractivity contribution is 5.85. The van der Waals surface area contributed by atoms with Gasteiger partial charge in [-0.1, -0.05) is 25.9 Å². The number of carbonyl (C=O) groups excluding carboxylic acids is 1. The van der Waals surface area contributed by atoms with Crippen LogP contribution in [0, 0.1) is 11.8 Å². The quantitative estimate of drug-likeness (QED) is 0.486. The number of halogens is 1. The van der Waals surface area contributed by atoms with Gasteiger partial charge >= 0.3 is 6.01 Å². The number of hydrogen-bond acceptors (Lipinski definition) is 10. The van der Waals surface area contributed by atoms with Gasteiger partial charge in [0.1, 0.15) is 0 Å². The monoisotopic (exact) mass is 562 g/mol. The summed E-state index contributed by atoms with van der Waals surface area (Å²) in [5.41, 5.74) is 6.41. The third-order valence-corrected chi connectivity index (χ3v) is 8.43. The lowest BCUT2D eigenvalue weighted by atomic mass is 9.84. The molecule has 1 unspecified atom stereocenters. The van der Waals surface area contributed by atoms with E-state index in [-0.39, 0.29) is 36.3 Å².